The number of aryl methyl sites for hydroxylation is 1. The smallest absolute Gasteiger partial charge is 0.272 e. The zero-order valence-corrected chi connectivity index (χ0v) is 15.7. The topological polar surface area (TPSA) is 56.6 Å². The van der Waals surface area contributed by atoms with Crippen molar-refractivity contribution in [3.8, 4) is 0 Å². The molecule has 2 aliphatic rings. The van der Waals surface area contributed by atoms with Gasteiger partial charge in [0.1, 0.15) is 5.69 Å². The predicted molar refractivity (Wildman–Crippen MR) is 95.7 cm³/mol. The zero-order chi connectivity index (χ0) is 17.8. The molecule has 3 heterocycles. The SMILES string of the molecule is CC(C)COC1CCN(C(=O)c2cc(C3CCOCC3)nn2C)CC1. The van der Waals surface area contributed by atoms with Crippen molar-refractivity contribution in [2.75, 3.05) is 32.9 Å². The van der Waals surface area contributed by atoms with Crippen molar-refractivity contribution in [3.63, 3.8) is 0 Å². The number of ether oxygens (including phenoxy) is 2. The molecule has 0 unspecified atom stereocenters. The van der Waals surface area contributed by atoms with Crippen LogP contribution in [0.1, 0.15) is 61.6 Å². The Morgan fingerprint density at radius 3 is 2.60 bits per heavy atom. The molecule has 6 heteroatoms. The number of hydrogen-bond acceptors (Lipinski definition) is 4. The summed E-state index contributed by atoms with van der Waals surface area (Å²) in [4.78, 5) is 14.8. The Hall–Kier alpha value is -1.40. The van der Waals surface area contributed by atoms with E-state index in [0.29, 0.717) is 17.5 Å². The molecule has 0 radical (unpaired) electrons. The first-order chi connectivity index (χ1) is 12.0. The molecule has 1 amide bonds. The molecular formula is C19H31N3O3. The number of carbonyl (C=O) groups is 1. The molecule has 0 aliphatic carbocycles. The van der Waals surface area contributed by atoms with E-state index < -0.39 is 0 Å². The summed E-state index contributed by atoms with van der Waals surface area (Å²) in [6, 6.07) is 1.99. The average molecular weight is 349 g/mol. The summed E-state index contributed by atoms with van der Waals surface area (Å²) in [5.41, 5.74) is 1.73. The minimum absolute atomic E-state index is 0.0932. The van der Waals surface area contributed by atoms with E-state index in [1.807, 2.05) is 18.0 Å². The molecule has 0 bridgehead atoms. The van der Waals surface area contributed by atoms with Gasteiger partial charge in [-0.3, -0.25) is 9.48 Å². The maximum atomic E-state index is 12.9. The van der Waals surface area contributed by atoms with Crippen molar-refractivity contribution in [2.45, 2.75) is 51.6 Å². The second-order valence-corrected chi connectivity index (χ2v) is 7.68. The molecule has 3 rings (SSSR count). The largest absolute Gasteiger partial charge is 0.381 e. The van der Waals surface area contributed by atoms with E-state index >= 15 is 0 Å². The van der Waals surface area contributed by atoms with Crippen LogP contribution >= 0.6 is 0 Å². The minimum atomic E-state index is 0.0932. The molecule has 2 aliphatic heterocycles. The summed E-state index contributed by atoms with van der Waals surface area (Å²) in [5, 5.41) is 4.60. The van der Waals surface area contributed by atoms with Crippen molar-refractivity contribution >= 4 is 5.91 Å². The van der Waals surface area contributed by atoms with Crippen LogP contribution in [-0.4, -0.2) is 59.6 Å². The standard InChI is InChI=1S/C19H31N3O3/c1-14(2)13-25-16-4-8-22(9-5-16)19(23)18-12-17(20-21(18)3)15-6-10-24-11-7-15/h12,14-16H,4-11,13H2,1-3H3. The third-order valence-corrected chi connectivity index (χ3v) is 5.15. The van der Waals surface area contributed by atoms with Crippen LogP contribution in [0, 0.1) is 5.92 Å². The molecule has 1 aromatic rings. The lowest BCUT2D eigenvalue weighted by atomic mass is 9.96. The van der Waals surface area contributed by atoms with Crippen molar-refractivity contribution in [3.05, 3.63) is 17.5 Å². The Morgan fingerprint density at radius 2 is 1.96 bits per heavy atom. The van der Waals surface area contributed by atoms with Crippen LogP contribution < -0.4 is 0 Å². The highest BCUT2D eigenvalue weighted by atomic mass is 16.5. The van der Waals surface area contributed by atoms with Crippen molar-refractivity contribution < 1.29 is 14.3 Å². The highest BCUT2D eigenvalue weighted by Crippen LogP contribution is 2.27. The predicted octanol–water partition coefficient (Wildman–Crippen LogP) is 2.59. The average Bonchev–Trinajstić information content (AvgIpc) is 3.02. The van der Waals surface area contributed by atoms with Gasteiger partial charge in [-0.1, -0.05) is 13.8 Å². The highest BCUT2D eigenvalue weighted by Gasteiger charge is 2.28. The van der Waals surface area contributed by atoms with Gasteiger partial charge in [0.05, 0.1) is 11.8 Å². The van der Waals surface area contributed by atoms with Gasteiger partial charge in [0, 0.05) is 45.9 Å². The molecule has 0 spiro atoms. The third kappa shape index (κ3) is 4.61. The first kappa shape index (κ1) is 18.4. The molecule has 2 saturated heterocycles. The van der Waals surface area contributed by atoms with Crippen molar-refractivity contribution in [2.24, 2.45) is 13.0 Å². The van der Waals surface area contributed by atoms with Crippen LogP contribution in [0.2, 0.25) is 0 Å². The maximum absolute atomic E-state index is 12.9. The molecule has 6 nitrogen and oxygen atoms in total. The second-order valence-electron chi connectivity index (χ2n) is 7.68. The molecule has 0 atom stereocenters. The number of likely N-dealkylation sites (tertiary alicyclic amines) is 1. The normalized spacial score (nSPS) is 20.4. The van der Waals surface area contributed by atoms with Gasteiger partial charge < -0.3 is 14.4 Å². The number of piperidine rings is 1. The van der Waals surface area contributed by atoms with Gasteiger partial charge >= 0.3 is 0 Å². The zero-order valence-electron chi connectivity index (χ0n) is 15.7. The summed E-state index contributed by atoms with van der Waals surface area (Å²) in [7, 11) is 1.87. The lowest BCUT2D eigenvalue weighted by molar-refractivity contribution is -0.00252. The number of amides is 1. The van der Waals surface area contributed by atoms with E-state index in [9.17, 15) is 4.79 Å². The summed E-state index contributed by atoms with van der Waals surface area (Å²) in [6.45, 7) is 8.23. The van der Waals surface area contributed by atoms with E-state index in [1.54, 1.807) is 4.68 Å². The molecule has 0 aromatic carbocycles. The molecule has 140 valence electrons. The fraction of sp³-hybridized carbons (Fsp3) is 0.789. The van der Waals surface area contributed by atoms with Crippen LogP contribution in [0.4, 0.5) is 0 Å². The summed E-state index contributed by atoms with van der Waals surface area (Å²) in [6.07, 6.45) is 4.11. The number of nitrogens with zero attached hydrogens (tertiary/aromatic N) is 3. The Morgan fingerprint density at radius 1 is 1.28 bits per heavy atom. The molecular weight excluding hydrogens is 318 g/mol. The van der Waals surface area contributed by atoms with Gasteiger partial charge in [-0.05, 0) is 37.7 Å². The van der Waals surface area contributed by atoms with Gasteiger partial charge in [-0.25, -0.2) is 0 Å². The Bertz CT molecular complexity index is 570. The van der Waals surface area contributed by atoms with E-state index in [1.165, 1.54) is 0 Å². The first-order valence-electron chi connectivity index (χ1n) is 9.57. The molecule has 2 fully saturated rings. The molecule has 0 saturated carbocycles. The van der Waals surface area contributed by atoms with Crippen molar-refractivity contribution in [1.29, 1.82) is 0 Å². The van der Waals surface area contributed by atoms with E-state index in [-0.39, 0.29) is 12.0 Å². The molecule has 25 heavy (non-hydrogen) atoms. The fourth-order valence-electron chi connectivity index (χ4n) is 3.60. The van der Waals surface area contributed by atoms with Gasteiger partial charge in [-0.2, -0.15) is 5.10 Å². The van der Waals surface area contributed by atoms with Crippen LogP contribution in [0.5, 0.6) is 0 Å². The molecule has 0 N–H and O–H groups in total. The minimum Gasteiger partial charge on any atom is -0.381 e. The van der Waals surface area contributed by atoms with Crippen molar-refractivity contribution in [1.82, 2.24) is 14.7 Å². The lowest BCUT2D eigenvalue weighted by Crippen LogP contribution is -2.41. The summed E-state index contributed by atoms with van der Waals surface area (Å²) < 4.78 is 13.1. The van der Waals surface area contributed by atoms with Crippen LogP contribution in [-0.2, 0) is 16.5 Å². The van der Waals surface area contributed by atoms with Gasteiger partial charge in [0.25, 0.3) is 5.91 Å². The summed E-state index contributed by atoms with van der Waals surface area (Å²) in [5.74, 6) is 1.06. The summed E-state index contributed by atoms with van der Waals surface area (Å²) >= 11 is 0. The van der Waals surface area contributed by atoms with E-state index in [4.69, 9.17) is 9.47 Å². The fourth-order valence-corrected chi connectivity index (χ4v) is 3.60. The van der Waals surface area contributed by atoms with Gasteiger partial charge in [0.15, 0.2) is 0 Å². The Kier molecular flexibility index (Phi) is 6.12. The van der Waals surface area contributed by atoms with Crippen LogP contribution in [0.25, 0.3) is 0 Å². The maximum Gasteiger partial charge on any atom is 0.272 e. The van der Waals surface area contributed by atoms with Crippen LogP contribution in [0.15, 0.2) is 6.07 Å². The van der Waals surface area contributed by atoms with Crippen LogP contribution in [0.3, 0.4) is 0 Å². The quantitative estimate of drug-likeness (QED) is 0.820. The van der Waals surface area contributed by atoms with Gasteiger partial charge in [-0.15, -0.1) is 0 Å². The Labute approximate surface area is 150 Å². The van der Waals surface area contributed by atoms with Gasteiger partial charge in [0.2, 0.25) is 0 Å². The lowest BCUT2D eigenvalue weighted by Gasteiger charge is -2.32. The highest BCUT2D eigenvalue weighted by molar-refractivity contribution is 5.92. The third-order valence-electron chi connectivity index (χ3n) is 5.15. The number of aromatic nitrogens is 2. The molecule has 1 aromatic heterocycles. The van der Waals surface area contributed by atoms with E-state index in [0.717, 1.165) is 64.3 Å². The second kappa shape index (κ2) is 8.32. The number of rotatable bonds is 5. The number of hydrogen-bond donors (Lipinski definition) is 0. The van der Waals surface area contributed by atoms with E-state index in [2.05, 4.69) is 18.9 Å². The monoisotopic (exact) mass is 349 g/mol. The first-order valence-corrected chi connectivity index (χ1v) is 9.57. The Balaban J connectivity index is 1.57. The number of carbonyl (C=O) groups excluding carboxylic acids is 1.